The van der Waals surface area contributed by atoms with Gasteiger partial charge in [-0.2, -0.15) is 27.8 Å². The van der Waals surface area contributed by atoms with Gasteiger partial charge in [-0.05, 0) is 81.4 Å². The van der Waals surface area contributed by atoms with Crippen LogP contribution in [0, 0.1) is 11.3 Å². The molecule has 0 bridgehead atoms. The molecule has 56 heavy (non-hydrogen) atoms. The van der Waals surface area contributed by atoms with Crippen LogP contribution < -0.4 is 20.3 Å². The number of amides is 3. The van der Waals surface area contributed by atoms with Crippen LogP contribution in [-0.2, 0) is 28.0 Å². The van der Waals surface area contributed by atoms with Gasteiger partial charge in [0, 0.05) is 69.5 Å². The molecule has 0 saturated carbocycles. The Morgan fingerprint density at radius 2 is 1.73 bits per heavy atom. The van der Waals surface area contributed by atoms with Crippen molar-refractivity contribution < 1.29 is 35.9 Å². The zero-order chi connectivity index (χ0) is 39.8. The van der Waals surface area contributed by atoms with Gasteiger partial charge in [0.25, 0.3) is 0 Å². The van der Waals surface area contributed by atoms with Crippen molar-refractivity contribution in [1.29, 1.82) is 5.26 Å². The summed E-state index contributed by atoms with van der Waals surface area (Å²) in [7, 11) is -2.10. The number of imide groups is 1. The second kappa shape index (κ2) is 15.7. The van der Waals surface area contributed by atoms with E-state index in [-0.39, 0.29) is 66.3 Å². The molecule has 3 saturated heterocycles. The van der Waals surface area contributed by atoms with Crippen LogP contribution in [0.2, 0.25) is 0 Å². The number of aromatic nitrogens is 4. The first-order valence-electron chi connectivity index (χ1n) is 18.4. The first-order chi connectivity index (χ1) is 26.7. The summed E-state index contributed by atoms with van der Waals surface area (Å²) >= 11 is 0. The smallest absolute Gasteiger partial charge is 0.419 e. The van der Waals surface area contributed by atoms with Gasteiger partial charge >= 0.3 is 12.2 Å². The van der Waals surface area contributed by atoms with E-state index in [1.54, 1.807) is 4.68 Å². The number of carbonyl (C=O) groups excluding carboxylic acids is 2. The fourth-order valence-corrected chi connectivity index (χ4v) is 9.00. The van der Waals surface area contributed by atoms with Crippen molar-refractivity contribution in [2.75, 3.05) is 49.5 Å². The van der Waals surface area contributed by atoms with Crippen molar-refractivity contribution in [2.45, 2.75) is 68.2 Å². The molecule has 0 unspecified atom stereocenters. The van der Waals surface area contributed by atoms with E-state index < -0.39 is 27.8 Å². The van der Waals surface area contributed by atoms with E-state index in [2.05, 4.69) is 48.8 Å². The van der Waals surface area contributed by atoms with Gasteiger partial charge in [0.15, 0.2) is 5.82 Å². The number of benzene rings is 2. The summed E-state index contributed by atoms with van der Waals surface area (Å²) in [5, 5.41) is 20.6. The number of fused-ring (bicyclic) bond motifs is 1. The van der Waals surface area contributed by atoms with Gasteiger partial charge in [-0.3, -0.25) is 24.6 Å². The summed E-state index contributed by atoms with van der Waals surface area (Å²) < 4.78 is 75.2. The minimum atomic E-state index is -4.54. The zero-order valence-electron chi connectivity index (χ0n) is 30.8. The summed E-state index contributed by atoms with van der Waals surface area (Å²) in [6.45, 7) is 4.69. The lowest BCUT2D eigenvalue weighted by molar-refractivity contribution is -0.138. The maximum Gasteiger partial charge on any atom is 0.419 e. The van der Waals surface area contributed by atoms with E-state index in [1.807, 2.05) is 20.0 Å². The van der Waals surface area contributed by atoms with Crippen molar-refractivity contribution in [3.8, 4) is 11.8 Å². The number of hydrogen-bond acceptors (Lipinski definition) is 11. The fraction of sp³-hybridized carbons (Fsp3) is 0.459. The van der Waals surface area contributed by atoms with Crippen molar-refractivity contribution in [2.24, 2.45) is 7.05 Å². The van der Waals surface area contributed by atoms with Gasteiger partial charge in [-0.15, -0.1) is 0 Å². The molecule has 5 heterocycles. The van der Waals surface area contributed by atoms with E-state index in [0.717, 1.165) is 36.8 Å². The highest BCUT2D eigenvalue weighted by atomic mass is 32.2. The molecule has 15 nitrogen and oxygen atoms in total. The highest BCUT2D eigenvalue weighted by Gasteiger charge is 2.33. The van der Waals surface area contributed by atoms with E-state index >= 15 is 0 Å². The van der Waals surface area contributed by atoms with Gasteiger partial charge in [-0.25, -0.2) is 23.2 Å². The van der Waals surface area contributed by atoms with Gasteiger partial charge in [-0.1, -0.05) is 6.07 Å². The Bertz CT molecular complexity index is 2260. The average Bonchev–Trinajstić information content (AvgIpc) is 3.50. The predicted octanol–water partition coefficient (Wildman–Crippen LogP) is 4.61. The number of sulfonamides is 1. The van der Waals surface area contributed by atoms with Crippen molar-refractivity contribution in [3.63, 3.8) is 0 Å². The molecule has 2 aromatic heterocycles. The van der Waals surface area contributed by atoms with Crippen LogP contribution >= 0.6 is 0 Å². The standard InChI is InChI=1S/C37H41F3N10O5S/c1-23(22-48-12-7-24(8-13-48)25-4-6-30-31(17-25)47(2)46-34(30)50-16-11-33(51)45-36(50)52)55-32-18-29(5-3-26(32)19-41)56(53,54)49-14-9-28(10-15-49)44-35-42-20-27(21-43-35)37(38,39)40/h3-6,17-18,20-21,23-24,28H,7-16,22H2,1-2H3,(H,42,43,44)(H,45,51,52)/t23-/m0/s1. The lowest BCUT2D eigenvalue weighted by atomic mass is 9.89. The molecular formula is C37H41F3N10O5S. The molecular weight excluding hydrogens is 754 g/mol. The van der Waals surface area contributed by atoms with Crippen LogP contribution in [0.4, 0.5) is 29.7 Å². The first kappa shape index (κ1) is 38.9. The summed E-state index contributed by atoms with van der Waals surface area (Å²) in [6.07, 6.45) is -0.682. The van der Waals surface area contributed by atoms with E-state index in [4.69, 9.17) is 4.74 Å². The van der Waals surface area contributed by atoms with Crippen LogP contribution in [0.15, 0.2) is 53.7 Å². The quantitative estimate of drug-likeness (QED) is 0.229. The Morgan fingerprint density at radius 3 is 2.39 bits per heavy atom. The molecule has 1 atom stereocenters. The Labute approximate surface area is 321 Å². The predicted molar refractivity (Wildman–Crippen MR) is 198 cm³/mol. The number of nitriles is 1. The van der Waals surface area contributed by atoms with Crippen LogP contribution in [-0.4, -0.2) is 101 Å². The number of urea groups is 1. The van der Waals surface area contributed by atoms with Crippen LogP contribution in [0.1, 0.15) is 61.6 Å². The Balaban J connectivity index is 0.928. The topological polar surface area (TPSA) is 179 Å². The lowest BCUT2D eigenvalue weighted by Crippen LogP contribution is -2.49. The maximum absolute atomic E-state index is 13.7. The second-order valence-corrected chi connectivity index (χ2v) is 16.3. The van der Waals surface area contributed by atoms with Crippen molar-refractivity contribution in [3.05, 3.63) is 65.5 Å². The van der Waals surface area contributed by atoms with Gasteiger partial charge in [0.2, 0.25) is 21.9 Å². The molecule has 296 valence electrons. The summed E-state index contributed by atoms with van der Waals surface area (Å²) in [5.74, 6) is 0.762. The number of alkyl halides is 3. The summed E-state index contributed by atoms with van der Waals surface area (Å²) in [6, 6.07) is 11.8. The lowest BCUT2D eigenvalue weighted by Gasteiger charge is -2.34. The Kier molecular flexibility index (Phi) is 10.9. The molecule has 3 amide bonds. The van der Waals surface area contributed by atoms with Crippen molar-refractivity contribution >= 4 is 44.6 Å². The summed E-state index contributed by atoms with van der Waals surface area (Å²) in [4.78, 5) is 35.4. The Morgan fingerprint density at radius 1 is 1.02 bits per heavy atom. The number of ether oxygens (including phenoxy) is 1. The molecule has 4 aromatic rings. The second-order valence-electron chi connectivity index (χ2n) is 14.4. The molecule has 3 aliphatic heterocycles. The molecule has 7 rings (SSSR count). The Hall–Kier alpha value is -5.32. The number of aryl methyl sites for hydroxylation is 1. The maximum atomic E-state index is 13.7. The third-order valence-corrected chi connectivity index (χ3v) is 12.4. The number of likely N-dealkylation sites (tertiary alicyclic amines) is 1. The monoisotopic (exact) mass is 794 g/mol. The number of rotatable bonds is 10. The fourth-order valence-electron chi connectivity index (χ4n) is 7.52. The van der Waals surface area contributed by atoms with E-state index in [9.17, 15) is 36.4 Å². The average molecular weight is 795 g/mol. The molecule has 0 spiro atoms. The van der Waals surface area contributed by atoms with Crippen LogP contribution in [0.3, 0.4) is 0 Å². The number of carbonyl (C=O) groups is 2. The van der Waals surface area contributed by atoms with Crippen LogP contribution in [0.5, 0.6) is 5.75 Å². The minimum Gasteiger partial charge on any atom is -0.488 e. The summed E-state index contributed by atoms with van der Waals surface area (Å²) in [5.41, 5.74) is 1.35. The minimum absolute atomic E-state index is 0.00352. The largest absolute Gasteiger partial charge is 0.488 e. The van der Waals surface area contributed by atoms with Crippen molar-refractivity contribution in [1.82, 2.24) is 34.3 Å². The molecule has 3 fully saturated rings. The van der Waals surface area contributed by atoms with E-state index in [0.29, 0.717) is 43.5 Å². The SMILES string of the molecule is C[C@@H](CN1CCC(c2ccc3c(N4CCC(=O)NC4=O)nn(C)c3c2)CC1)Oc1cc(S(=O)(=O)N2CCC(Nc3ncc(C(F)(F)F)cn3)CC2)ccc1C#N. The number of nitrogens with one attached hydrogen (secondary N) is 2. The molecule has 2 aromatic carbocycles. The van der Waals surface area contributed by atoms with Gasteiger partial charge in [0.05, 0.1) is 21.5 Å². The molecule has 2 N–H and O–H groups in total. The number of nitrogens with zero attached hydrogens (tertiary/aromatic N) is 8. The third-order valence-electron chi connectivity index (χ3n) is 10.5. The van der Waals surface area contributed by atoms with Gasteiger partial charge < -0.3 is 10.1 Å². The molecule has 19 heteroatoms. The normalized spacial score (nSPS) is 18.8. The number of halogens is 3. The highest BCUT2D eigenvalue weighted by Crippen LogP contribution is 2.34. The zero-order valence-corrected chi connectivity index (χ0v) is 31.6. The van der Waals surface area contributed by atoms with E-state index in [1.165, 1.54) is 33.0 Å². The third kappa shape index (κ3) is 8.27. The number of anilines is 2. The highest BCUT2D eigenvalue weighted by molar-refractivity contribution is 7.89. The molecule has 0 radical (unpaired) electrons. The number of hydrogen-bond donors (Lipinski definition) is 2. The van der Waals surface area contributed by atoms with Crippen LogP contribution in [0.25, 0.3) is 10.9 Å². The molecule has 3 aliphatic rings. The van der Waals surface area contributed by atoms with Gasteiger partial charge in [0.1, 0.15) is 17.9 Å². The molecule has 0 aliphatic carbocycles. The number of piperidine rings is 2. The first-order valence-corrected chi connectivity index (χ1v) is 19.8.